The number of rotatable bonds is 6. The van der Waals surface area contributed by atoms with Crippen molar-refractivity contribution in [3.05, 3.63) is 29.3 Å². The second-order valence-corrected chi connectivity index (χ2v) is 6.50. The zero-order valence-electron chi connectivity index (χ0n) is 14.9. The number of carbonyl (C=O) groups excluding carboxylic acids is 2. The zero-order chi connectivity index (χ0) is 18.2. The number of carbonyl (C=O) groups is 2. The average molecular weight is 343 g/mol. The van der Waals surface area contributed by atoms with Gasteiger partial charge in [0.05, 0.1) is 6.07 Å². The third kappa shape index (κ3) is 5.79. The van der Waals surface area contributed by atoms with Gasteiger partial charge in [-0.25, -0.2) is 0 Å². The maximum Gasteiger partial charge on any atom is 0.260 e. The Hall–Kier alpha value is -2.55. The lowest BCUT2D eigenvalue weighted by molar-refractivity contribution is -0.135. The van der Waals surface area contributed by atoms with Crippen LogP contribution in [0.2, 0.25) is 0 Å². The molecule has 1 N–H and O–H groups in total. The average Bonchev–Trinajstić information content (AvgIpc) is 2.61. The molecule has 1 heterocycles. The van der Waals surface area contributed by atoms with Gasteiger partial charge in [-0.2, -0.15) is 5.26 Å². The van der Waals surface area contributed by atoms with Crippen molar-refractivity contribution in [1.82, 2.24) is 10.2 Å². The molecule has 1 fully saturated rings. The highest BCUT2D eigenvalue weighted by Gasteiger charge is 2.23. The third-order valence-electron chi connectivity index (χ3n) is 4.64. The van der Waals surface area contributed by atoms with Crippen molar-refractivity contribution in [3.63, 3.8) is 0 Å². The summed E-state index contributed by atoms with van der Waals surface area (Å²) in [5, 5.41) is 11.2. The molecule has 1 aromatic carbocycles. The van der Waals surface area contributed by atoms with Crippen LogP contribution in [0.4, 0.5) is 0 Å². The number of hydrogen-bond acceptors (Lipinski definition) is 4. The van der Waals surface area contributed by atoms with Gasteiger partial charge >= 0.3 is 0 Å². The molecule has 134 valence electrons. The Balaban J connectivity index is 1.71. The van der Waals surface area contributed by atoms with Crippen molar-refractivity contribution in [2.24, 2.45) is 5.92 Å². The standard InChI is InChI=1S/C19H25N3O3/c1-14-3-4-17(11-15(14)2)25-13-19(24)22-9-6-16(7-10-22)12-21-18(23)5-8-20/h3-4,11,16H,5-7,9-10,12-13H2,1-2H3,(H,21,23). The fourth-order valence-electron chi connectivity index (χ4n) is 2.82. The van der Waals surface area contributed by atoms with Crippen LogP contribution < -0.4 is 10.1 Å². The van der Waals surface area contributed by atoms with E-state index in [4.69, 9.17) is 10.00 Å². The van der Waals surface area contributed by atoms with E-state index in [2.05, 4.69) is 5.32 Å². The van der Waals surface area contributed by atoms with Gasteiger partial charge in [-0.3, -0.25) is 9.59 Å². The summed E-state index contributed by atoms with van der Waals surface area (Å²) < 4.78 is 5.61. The Morgan fingerprint density at radius 1 is 1.28 bits per heavy atom. The number of piperidine rings is 1. The summed E-state index contributed by atoms with van der Waals surface area (Å²) in [5.41, 5.74) is 2.34. The Bertz CT molecular complexity index is 658. The van der Waals surface area contributed by atoms with Crippen molar-refractivity contribution in [3.8, 4) is 11.8 Å². The number of hydrogen-bond donors (Lipinski definition) is 1. The van der Waals surface area contributed by atoms with Gasteiger partial charge in [0.15, 0.2) is 6.61 Å². The van der Waals surface area contributed by atoms with E-state index in [-0.39, 0.29) is 24.8 Å². The molecular weight excluding hydrogens is 318 g/mol. The van der Waals surface area contributed by atoms with Gasteiger partial charge in [0, 0.05) is 19.6 Å². The number of nitrogens with zero attached hydrogens (tertiary/aromatic N) is 2. The van der Waals surface area contributed by atoms with Gasteiger partial charge in [0.1, 0.15) is 12.2 Å². The van der Waals surface area contributed by atoms with Crippen molar-refractivity contribution >= 4 is 11.8 Å². The minimum atomic E-state index is -0.234. The molecule has 25 heavy (non-hydrogen) atoms. The van der Waals surface area contributed by atoms with Crippen LogP contribution in [0.3, 0.4) is 0 Å². The highest BCUT2D eigenvalue weighted by molar-refractivity contribution is 5.78. The van der Waals surface area contributed by atoms with E-state index < -0.39 is 0 Å². The van der Waals surface area contributed by atoms with Crippen molar-refractivity contribution in [2.75, 3.05) is 26.2 Å². The maximum atomic E-state index is 12.3. The lowest BCUT2D eigenvalue weighted by Crippen LogP contribution is -2.43. The Kier molecular flexibility index (Phi) is 6.81. The minimum absolute atomic E-state index is 0.00908. The first-order valence-electron chi connectivity index (χ1n) is 8.61. The molecule has 1 saturated heterocycles. The van der Waals surface area contributed by atoms with Crippen LogP contribution in [0, 0.1) is 31.1 Å². The first-order chi connectivity index (χ1) is 12.0. The molecule has 2 rings (SSSR count). The molecule has 1 aliphatic heterocycles. The first-order valence-corrected chi connectivity index (χ1v) is 8.61. The van der Waals surface area contributed by atoms with Crippen LogP contribution in [-0.2, 0) is 9.59 Å². The summed E-state index contributed by atoms with van der Waals surface area (Å²) in [5.74, 6) is 0.826. The number of likely N-dealkylation sites (tertiary alicyclic amines) is 1. The largest absolute Gasteiger partial charge is 0.484 e. The molecule has 0 saturated carbocycles. The van der Waals surface area contributed by atoms with Gasteiger partial charge in [-0.05, 0) is 55.9 Å². The van der Waals surface area contributed by atoms with Crippen LogP contribution in [-0.4, -0.2) is 43.0 Å². The molecule has 6 nitrogen and oxygen atoms in total. The molecule has 0 aromatic heterocycles. The van der Waals surface area contributed by atoms with Crippen molar-refractivity contribution in [1.29, 1.82) is 5.26 Å². The normalized spacial score (nSPS) is 14.7. The molecule has 0 unspecified atom stereocenters. The molecule has 0 aliphatic carbocycles. The van der Waals surface area contributed by atoms with E-state index >= 15 is 0 Å². The van der Waals surface area contributed by atoms with Gasteiger partial charge in [0.25, 0.3) is 5.91 Å². The third-order valence-corrected chi connectivity index (χ3v) is 4.64. The second-order valence-electron chi connectivity index (χ2n) is 6.50. The SMILES string of the molecule is Cc1ccc(OCC(=O)N2CCC(CNC(=O)CC#N)CC2)cc1C. The quantitative estimate of drug-likeness (QED) is 0.856. The Labute approximate surface area is 148 Å². The van der Waals surface area contributed by atoms with Crippen LogP contribution in [0.15, 0.2) is 18.2 Å². The molecule has 0 spiro atoms. The number of benzene rings is 1. The van der Waals surface area contributed by atoms with Crippen LogP contribution >= 0.6 is 0 Å². The number of nitriles is 1. The van der Waals surface area contributed by atoms with E-state index in [1.54, 1.807) is 0 Å². The number of ether oxygens (including phenoxy) is 1. The van der Waals surface area contributed by atoms with Crippen LogP contribution in [0.5, 0.6) is 5.75 Å². The number of nitrogens with one attached hydrogen (secondary N) is 1. The second kappa shape index (κ2) is 9.07. The van der Waals surface area contributed by atoms with Crippen molar-refractivity contribution in [2.45, 2.75) is 33.1 Å². The Morgan fingerprint density at radius 2 is 2.00 bits per heavy atom. The van der Waals surface area contributed by atoms with Gasteiger partial charge in [-0.1, -0.05) is 6.07 Å². The lowest BCUT2D eigenvalue weighted by atomic mass is 9.96. The summed E-state index contributed by atoms with van der Waals surface area (Å²) in [6.45, 7) is 6.02. The molecule has 0 bridgehead atoms. The minimum Gasteiger partial charge on any atom is -0.484 e. The van der Waals surface area contributed by atoms with E-state index in [1.165, 1.54) is 5.56 Å². The molecular formula is C19H25N3O3. The van der Waals surface area contributed by atoms with E-state index in [0.717, 1.165) is 18.4 Å². The monoisotopic (exact) mass is 343 g/mol. The predicted octanol–water partition coefficient (Wildman–Crippen LogP) is 1.95. The fraction of sp³-hybridized carbons (Fsp3) is 0.526. The van der Waals surface area contributed by atoms with Gasteiger partial charge in [-0.15, -0.1) is 0 Å². The molecule has 6 heteroatoms. The fourth-order valence-corrected chi connectivity index (χ4v) is 2.82. The summed E-state index contributed by atoms with van der Waals surface area (Å²) in [7, 11) is 0. The van der Waals surface area contributed by atoms with Crippen molar-refractivity contribution < 1.29 is 14.3 Å². The summed E-state index contributed by atoms with van der Waals surface area (Å²) in [6.07, 6.45) is 1.59. The first kappa shape index (κ1) is 18.8. The van der Waals surface area contributed by atoms with Crippen LogP contribution in [0.1, 0.15) is 30.4 Å². The molecule has 1 aliphatic rings. The van der Waals surface area contributed by atoms with Crippen LogP contribution in [0.25, 0.3) is 0 Å². The molecule has 0 radical (unpaired) electrons. The highest BCUT2D eigenvalue weighted by Crippen LogP contribution is 2.18. The molecule has 1 aromatic rings. The summed E-state index contributed by atoms with van der Waals surface area (Å²) in [4.78, 5) is 25.4. The van der Waals surface area contributed by atoms with E-state index in [9.17, 15) is 9.59 Å². The predicted molar refractivity (Wildman–Crippen MR) is 94.0 cm³/mol. The van der Waals surface area contributed by atoms with Gasteiger partial charge in [0.2, 0.25) is 5.91 Å². The Morgan fingerprint density at radius 3 is 2.64 bits per heavy atom. The van der Waals surface area contributed by atoms with Gasteiger partial charge < -0.3 is 15.0 Å². The topological polar surface area (TPSA) is 82.4 Å². The van der Waals surface area contributed by atoms with E-state index in [0.29, 0.717) is 31.3 Å². The number of amides is 2. The highest BCUT2D eigenvalue weighted by atomic mass is 16.5. The maximum absolute atomic E-state index is 12.3. The molecule has 0 atom stereocenters. The zero-order valence-corrected chi connectivity index (χ0v) is 14.9. The molecule has 2 amide bonds. The number of aryl methyl sites for hydroxylation is 2. The summed E-state index contributed by atoms with van der Waals surface area (Å²) >= 11 is 0. The summed E-state index contributed by atoms with van der Waals surface area (Å²) in [6, 6.07) is 7.64. The smallest absolute Gasteiger partial charge is 0.260 e. The van der Waals surface area contributed by atoms with E-state index in [1.807, 2.05) is 43.0 Å². The lowest BCUT2D eigenvalue weighted by Gasteiger charge is -2.32.